The minimum Gasteiger partial charge on any atom is -0.462 e. The summed E-state index contributed by atoms with van der Waals surface area (Å²) >= 11 is 1.15. The number of hydrogen-bond donors (Lipinski definition) is 1. The van der Waals surface area contributed by atoms with Crippen LogP contribution in [0.4, 0.5) is 5.00 Å². The molecule has 9 nitrogen and oxygen atoms in total. The highest BCUT2D eigenvalue weighted by atomic mass is 32.1. The molecule has 2 aromatic rings. The van der Waals surface area contributed by atoms with Crippen molar-refractivity contribution in [1.29, 1.82) is 0 Å². The van der Waals surface area contributed by atoms with Crippen LogP contribution in [0.1, 0.15) is 30.1 Å². The van der Waals surface area contributed by atoms with Gasteiger partial charge in [0.05, 0.1) is 18.4 Å². The number of carbonyl (C=O) groups is 5. The van der Waals surface area contributed by atoms with Crippen molar-refractivity contribution < 1.29 is 33.4 Å². The van der Waals surface area contributed by atoms with Gasteiger partial charge >= 0.3 is 11.9 Å². The minimum absolute atomic E-state index is 0.166. The van der Waals surface area contributed by atoms with E-state index in [1.165, 1.54) is 0 Å². The number of nitrogens with one attached hydrogen (secondary N) is 1. The first-order valence-corrected chi connectivity index (χ1v) is 12.1. The Morgan fingerprint density at radius 2 is 1.69 bits per heavy atom. The SMILES string of the molecule is CCOC(=O)c1c(-c2ccccc2)csc1NC(=O)COC(=O)CN1C(=O)[C@H]2CC=CC[C@@H]2C1=O. The van der Waals surface area contributed by atoms with Gasteiger partial charge in [-0.3, -0.25) is 24.1 Å². The van der Waals surface area contributed by atoms with E-state index in [0.717, 1.165) is 21.8 Å². The lowest BCUT2D eigenvalue weighted by Gasteiger charge is -2.14. The van der Waals surface area contributed by atoms with Crippen molar-refractivity contribution >= 4 is 46.0 Å². The molecule has 182 valence electrons. The summed E-state index contributed by atoms with van der Waals surface area (Å²) in [6.07, 6.45) is 4.66. The highest BCUT2D eigenvalue weighted by Gasteiger charge is 2.47. The fourth-order valence-corrected chi connectivity index (χ4v) is 5.17. The molecule has 1 aliphatic carbocycles. The summed E-state index contributed by atoms with van der Waals surface area (Å²) < 4.78 is 10.2. The predicted octanol–water partition coefficient (Wildman–Crippen LogP) is 3.02. The summed E-state index contributed by atoms with van der Waals surface area (Å²) in [7, 11) is 0. The normalized spacial score (nSPS) is 18.8. The summed E-state index contributed by atoms with van der Waals surface area (Å²) in [5.74, 6) is -3.78. The molecule has 1 N–H and O–H groups in total. The molecule has 2 aliphatic rings. The van der Waals surface area contributed by atoms with Crippen molar-refractivity contribution in [3.63, 3.8) is 0 Å². The van der Waals surface area contributed by atoms with E-state index in [9.17, 15) is 24.0 Å². The van der Waals surface area contributed by atoms with Crippen LogP contribution in [0.15, 0.2) is 47.9 Å². The summed E-state index contributed by atoms with van der Waals surface area (Å²) in [5.41, 5.74) is 1.62. The van der Waals surface area contributed by atoms with Gasteiger partial charge in [-0.15, -0.1) is 11.3 Å². The van der Waals surface area contributed by atoms with E-state index in [2.05, 4.69) is 5.32 Å². The number of fused-ring (bicyclic) bond motifs is 1. The molecule has 0 saturated carbocycles. The van der Waals surface area contributed by atoms with E-state index in [-0.39, 0.29) is 17.2 Å². The molecule has 2 atom stereocenters. The fraction of sp³-hybridized carbons (Fsp3) is 0.320. The predicted molar refractivity (Wildman–Crippen MR) is 127 cm³/mol. The first kappa shape index (κ1) is 24.3. The van der Waals surface area contributed by atoms with Gasteiger partial charge in [0, 0.05) is 10.9 Å². The van der Waals surface area contributed by atoms with Crippen LogP contribution in [0.5, 0.6) is 0 Å². The maximum Gasteiger partial charge on any atom is 0.341 e. The maximum atomic E-state index is 12.6. The van der Waals surface area contributed by atoms with Gasteiger partial charge in [0.2, 0.25) is 11.8 Å². The molecule has 10 heteroatoms. The lowest BCUT2D eigenvalue weighted by Crippen LogP contribution is -2.37. The van der Waals surface area contributed by atoms with Gasteiger partial charge < -0.3 is 14.8 Å². The van der Waals surface area contributed by atoms with E-state index in [0.29, 0.717) is 18.4 Å². The minimum atomic E-state index is -0.866. The van der Waals surface area contributed by atoms with Crippen LogP contribution in [0.25, 0.3) is 11.1 Å². The Labute approximate surface area is 205 Å². The zero-order valence-corrected chi connectivity index (χ0v) is 19.8. The molecule has 1 saturated heterocycles. The third kappa shape index (κ3) is 5.17. The zero-order valence-electron chi connectivity index (χ0n) is 19.0. The van der Waals surface area contributed by atoms with Crippen LogP contribution in [0.3, 0.4) is 0 Å². The average molecular weight is 497 g/mol. The second kappa shape index (κ2) is 10.6. The zero-order chi connectivity index (χ0) is 24.9. The van der Waals surface area contributed by atoms with Crippen molar-refractivity contribution in [3.05, 3.63) is 53.4 Å². The molecule has 4 rings (SSSR count). The van der Waals surface area contributed by atoms with Crippen LogP contribution < -0.4 is 5.32 Å². The second-order valence-corrected chi connectivity index (χ2v) is 8.95. The number of allylic oxidation sites excluding steroid dienone is 2. The smallest absolute Gasteiger partial charge is 0.341 e. The van der Waals surface area contributed by atoms with E-state index >= 15 is 0 Å². The van der Waals surface area contributed by atoms with E-state index < -0.39 is 54.6 Å². The van der Waals surface area contributed by atoms with Crippen molar-refractivity contribution in [2.75, 3.05) is 25.1 Å². The molecule has 0 unspecified atom stereocenters. The van der Waals surface area contributed by atoms with Gasteiger partial charge in [-0.25, -0.2) is 4.79 Å². The summed E-state index contributed by atoms with van der Waals surface area (Å²) in [4.78, 5) is 63.2. The number of nitrogens with zero attached hydrogens (tertiary/aromatic N) is 1. The third-order valence-electron chi connectivity index (χ3n) is 5.86. The summed E-state index contributed by atoms with van der Waals surface area (Å²) in [5, 5.41) is 4.60. The number of carbonyl (C=O) groups excluding carboxylic acids is 5. The largest absolute Gasteiger partial charge is 0.462 e. The van der Waals surface area contributed by atoms with Gasteiger partial charge in [0.15, 0.2) is 6.61 Å². The Morgan fingerprint density at radius 3 is 2.31 bits per heavy atom. The monoisotopic (exact) mass is 496 g/mol. The van der Waals surface area contributed by atoms with Crippen molar-refractivity contribution in [2.45, 2.75) is 19.8 Å². The third-order valence-corrected chi connectivity index (χ3v) is 6.75. The van der Waals surface area contributed by atoms with Crippen LogP contribution in [0, 0.1) is 11.8 Å². The summed E-state index contributed by atoms with van der Waals surface area (Å²) in [6.45, 7) is 0.679. The molecule has 1 fully saturated rings. The molecule has 1 aromatic carbocycles. The molecule has 3 amide bonds. The maximum absolute atomic E-state index is 12.6. The number of esters is 2. The number of anilines is 1. The van der Waals surface area contributed by atoms with Gasteiger partial charge in [0.1, 0.15) is 17.1 Å². The fourth-order valence-electron chi connectivity index (χ4n) is 4.19. The van der Waals surface area contributed by atoms with Crippen LogP contribution in [0.2, 0.25) is 0 Å². The van der Waals surface area contributed by atoms with Crippen LogP contribution >= 0.6 is 11.3 Å². The Balaban J connectivity index is 1.38. The van der Waals surface area contributed by atoms with Gasteiger partial charge in [-0.2, -0.15) is 0 Å². The molecule has 0 radical (unpaired) electrons. The van der Waals surface area contributed by atoms with Crippen molar-refractivity contribution in [2.24, 2.45) is 11.8 Å². The van der Waals surface area contributed by atoms with Crippen LogP contribution in [-0.2, 0) is 28.7 Å². The number of imide groups is 1. The molecule has 0 bridgehead atoms. The highest BCUT2D eigenvalue weighted by Crippen LogP contribution is 2.36. The van der Waals surface area contributed by atoms with E-state index in [1.807, 2.05) is 42.5 Å². The highest BCUT2D eigenvalue weighted by molar-refractivity contribution is 7.15. The molecule has 0 spiro atoms. The first-order valence-electron chi connectivity index (χ1n) is 11.2. The quantitative estimate of drug-likeness (QED) is 0.339. The first-order chi connectivity index (χ1) is 16.9. The number of likely N-dealkylation sites (tertiary alicyclic amines) is 1. The lowest BCUT2D eigenvalue weighted by molar-refractivity contribution is -0.154. The number of ether oxygens (including phenoxy) is 2. The molecular weight excluding hydrogens is 472 g/mol. The average Bonchev–Trinajstić information content (AvgIpc) is 3.38. The van der Waals surface area contributed by atoms with Crippen LogP contribution in [-0.4, -0.2) is 54.3 Å². The molecule has 1 aromatic heterocycles. The molecule has 35 heavy (non-hydrogen) atoms. The van der Waals surface area contributed by atoms with Gasteiger partial charge in [-0.1, -0.05) is 42.5 Å². The lowest BCUT2D eigenvalue weighted by atomic mass is 9.85. The molecular formula is C25H24N2O7S. The number of rotatable bonds is 8. The molecule has 1 aliphatic heterocycles. The standard InChI is InChI=1S/C25H24N2O7S/c1-2-33-25(32)21-18(15-8-4-3-5-9-15)14-35-22(21)26-19(28)13-34-20(29)12-27-23(30)16-10-6-7-11-17(16)24(27)31/h3-9,14,16-17H,2,10-13H2,1H3,(H,26,28)/t16-,17-/m0/s1. The number of benzene rings is 1. The Bertz CT molecular complexity index is 1160. The Morgan fingerprint density at radius 1 is 1.03 bits per heavy atom. The Kier molecular flexibility index (Phi) is 7.40. The molecule has 2 heterocycles. The van der Waals surface area contributed by atoms with Gasteiger partial charge in [0.25, 0.3) is 5.91 Å². The van der Waals surface area contributed by atoms with Gasteiger partial charge in [-0.05, 0) is 25.3 Å². The summed E-state index contributed by atoms with van der Waals surface area (Å²) in [6, 6.07) is 9.20. The van der Waals surface area contributed by atoms with Crippen molar-refractivity contribution in [3.8, 4) is 11.1 Å². The van der Waals surface area contributed by atoms with E-state index in [1.54, 1.807) is 12.3 Å². The van der Waals surface area contributed by atoms with E-state index in [4.69, 9.17) is 9.47 Å². The van der Waals surface area contributed by atoms with Crippen molar-refractivity contribution in [1.82, 2.24) is 4.90 Å². The number of thiophene rings is 1. The topological polar surface area (TPSA) is 119 Å². The number of amides is 3. The number of hydrogen-bond acceptors (Lipinski definition) is 8. The second-order valence-electron chi connectivity index (χ2n) is 8.07. The Hall–Kier alpha value is -3.79.